The lowest BCUT2D eigenvalue weighted by atomic mass is 10.1. The van der Waals surface area contributed by atoms with Gasteiger partial charge in [-0.05, 0) is 24.8 Å². The zero-order valence-corrected chi connectivity index (χ0v) is 17.4. The van der Waals surface area contributed by atoms with Crippen molar-refractivity contribution in [2.75, 3.05) is 46.4 Å². The molecule has 29 heavy (non-hydrogen) atoms. The molecule has 0 saturated carbocycles. The highest BCUT2D eigenvalue weighted by atomic mass is 32.1. The summed E-state index contributed by atoms with van der Waals surface area (Å²) in [5.74, 6) is 0.225. The maximum atomic E-state index is 13.0. The molecular formula is C20H25N3O5S. The molecule has 2 heterocycles. The van der Waals surface area contributed by atoms with Crippen LogP contribution in [0.4, 0.5) is 5.69 Å². The largest absolute Gasteiger partial charge is 0.493 e. The van der Waals surface area contributed by atoms with Crippen LogP contribution >= 0.6 is 11.3 Å². The first kappa shape index (κ1) is 21.1. The summed E-state index contributed by atoms with van der Waals surface area (Å²) in [5, 5.41) is 13.6. The van der Waals surface area contributed by atoms with E-state index in [0.29, 0.717) is 25.4 Å². The van der Waals surface area contributed by atoms with E-state index >= 15 is 0 Å². The van der Waals surface area contributed by atoms with Crippen LogP contribution in [0, 0.1) is 10.1 Å². The second-order valence-electron chi connectivity index (χ2n) is 6.67. The highest BCUT2D eigenvalue weighted by Gasteiger charge is 2.30. The third-order valence-corrected chi connectivity index (χ3v) is 5.86. The van der Waals surface area contributed by atoms with E-state index in [0.717, 1.165) is 26.1 Å². The molecule has 0 N–H and O–H groups in total. The van der Waals surface area contributed by atoms with Crippen LogP contribution in [-0.2, 0) is 6.42 Å². The van der Waals surface area contributed by atoms with Gasteiger partial charge in [-0.15, -0.1) is 11.3 Å². The molecule has 1 aromatic heterocycles. The number of hydrogen-bond acceptors (Lipinski definition) is 7. The van der Waals surface area contributed by atoms with Crippen molar-refractivity contribution in [2.24, 2.45) is 0 Å². The first-order valence-electron chi connectivity index (χ1n) is 9.56. The number of amides is 1. The lowest BCUT2D eigenvalue weighted by Crippen LogP contribution is -2.49. The minimum atomic E-state index is -0.549. The van der Waals surface area contributed by atoms with E-state index in [9.17, 15) is 14.9 Å². The Kier molecular flexibility index (Phi) is 7.05. The molecule has 0 bridgehead atoms. The van der Waals surface area contributed by atoms with E-state index in [1.807, 2.05) is 0 Å². The normalized spacial score (nSPS) is 14.6. The SMILES string of the molecule is CCOc1cc([N+](=O)[O-])c(C(=O)N2CCN(CCc3cccs3)CC2)cc1OC. The molecular weight excluding hydrogens is 394 g/mol. The number of thiophene rings is 1. The number of rotatable bonds is 8. The first-order valence-corrected chi connectivity index (χ1v) is 10.4. The van der Waals surface area contributed by atoms with Gasteiger partial charge in [0.2, 0.25) is 0 Å². The molecule has 9 heteroatoms. The van der Waals surface area contributed by atoms with Crippen LogP contribution < -0.4 is 9.47 Å². The Morgan fingerprint density at radius 1 is 1.24 bits per heavy atom. The standard InChI is InChI=1S/C20H25N3O5S/c1-3-28-19-14-17(23(25)26)16(13-18(19)27-2)20(24)22-10-8-21(9-11-22)7-6-15-5-4-12-29-15/h4-5,12-14H,3,6-11H2,1-2H3. The van der Waals surface area contributed by atoms with E-state index in [1.165, 1.54) is 24.1 Å². The molecule has 0 spiro atoms. The minimum Gasteiger partial charge on any atom is -0.493 e. The predicted octanol–water partition coefficient (Wildman–Crippen LogP) is 3.06. The van der Waals surface area contributed by atoms with Crippen molar-refractivity contribution in [3.63, 3.8) is 0 Å². The Bertz CT molecular complexity index is 848. The van der Waals surface area contributed by atoms with Gasteiger partial charge in [-0.25, -0.2) is 0 Å². The number of methoxy groups -OCH3 is 1. The molecule has 0 atom stereocenters. The van der Waals surface area contributed by atoms with Crippen molar-refractivity contribution in [1.82, 2.24) is 9.80 Å². The fourth-order valence-electron chi connectivity index (χ4n) is 3.37. The van der Waals surface area contributed by atoms with Gasteiger partial charge in [-0.2, -0.15) is 0 Å². The number of hydrogen-bond donors (Lipinski definition) is 0. The van der Waals surface area contributed by atoms with Gasteiger partial charge >= 0.3 is 0 Å². The van der Waals surface area contributed by atoms with Crippen LogP contribution in [0.5, 0.6) is 11.5 Å². The van der Waals surface area contributed by atoms with E-state index in [1.54, 1.807) is 23.2 Å². The van der Waals surface area contributed by atoms with Gasteiger partial charge in [0.15, 0.2) is 11.5 Å². The summed E-state index contributed by atoms with van der Waals surface area (Å²) < 4.78 is 10.7. The molecule has 1 amide bonds. The first-order chi connectivity index (χ1) is 14.0. The summed E-state index contributed by atoms with van der Waals surface area (Å²) in [4.78, 5) is 29.4. The Labute approximate surface area is 173 Å². The maximum absolute atomic E-state index is 13.0. The predicted molar refractivity (Wildman–Crippen MR) is 111 cm³/mol. The molecule has 156 valence electrons. The van der Waals surface area contributed by atoms with Gasteiger partial charge < -0.3 is 14.4 Å². The topological polar surface area (TPSA) is 85.1 Å². The number of benzene rings is 1. The van der Waals surface area contributed by atoms with Crippen LogP contribution in [0.15, 0.2) is 29.6 Å². The molecule has 8 nitrogen and oxygen atoms in total. The van der Waals surface area contributed by atoms with Crippen molar-refractivity contribution >= 4 is 22.9 Å². The molecule has 0 radical (unpaired) electrons. The average Bonchev–Trinajstić information content (AvgIpc) is 3.25. The molecule has 1 aliphatic heterocycles. The number of nitro groups is 1. The molecule has 0 unspecified atom stereocenters. The van der Waals surface area contributed by atoms with Crippen molar-refractivity contribution in [2.45, 2.75) is 13.3 Å². The molecule has 2 aromatic rings. The van der Waals surface area contributed by atoms with Gasteiger partial charge in [-0.3, -0.25) is 19.8 Å². The molecule has 1 aliphatic rings. The number of nitro benzene ring substituents is 1. The number of carbonyl (C=O) groups excluding carboxylic acids is 1. The van der Waals surface area contributed by atoms with Gasteiger partial charge in [0.05, 0.1) is 24.7 Å². The summed E-state index contributed by atoms with van der Waals surface area (Å²) in [5.41, 5.74) is -0.235. The number of carbonyl (C=O) groups is 1. The van der Waals surface area contributed by atoms with Crippen molar-refractivity contribution in [1.29, 1.82) is 0 Å². The fraction of sp³-hybridized carbons (Fsp3) is 0.450. The Morgan fingerprint density at radius 3 is 2.59 bits per heavy atom. The smallest absolute Gasteiger partial charge is 0.286 e. The highest BCUT2D eigenvalue weighted by Crippen LogP contribution is 2.35. The van der Waals surface area contributed by atoms with Crippen molar-refractivity contribution in [3.05, 3.63) is 50.2 Å². The van der Waals surface area contributed by atoms with Crippen LogP contribution in [0.25, 0.3) is 0 Å². The van der Waals surface area contributed by atoms with Gasteiger partial charge in [0, 0.05) is 43.7 Å². The third-order valence-electron chi connectivity index (χ3n) is 4.92. The zero-order chi connectivity index (χ0) is 20.8. The molecule has 1 fully saturated rings. The Balaban J connectivity index is 1.69. The van der Waals surface area contributed by atoms with E-state index < -0.39 is 4.92 Å². The van der Waals surface area contributed by atoms with E-state index in [-0.39, 0.29) is 22.9 Å². The van der Waals surface area contributed by atoms with Crippen LogP contribution in [0.1, 0.15) is 22.2 Å². The number of nitrogens with zero attached hydrogens (tertiary/aromatic N) is 3. The van der Waals surface area contributed by atoms with Gasteiger partial charge in [-0.1, -0.05) is 6.07 Å². The van der Waals surface area contributed by atoms with E-state index in [2.05, 4.69) is 22.4 Å². The maximum Gasteiger partial charge on any atom is 0.286 e. The van der Waals surface area contributed by atoms with Crippen molar-refractivity contribution in [3.8, 4) is 11.5 Å². The molecule has 1 aromatic carbocycles. The lowest BCUT2D eigenvalue weighted by Gasteiger charge is -2.34. The molecule has 0 aliphatic carbocycles. The molecule has 3 rings (SSSR count). The Morgan fingerprint density at radius 2 is 2.00 bits per heavy atom. The summed E-state index contributed by atoms with van der Waals surface area (Å²) in [6, 6.07) is 6.86. The average molecular weight is 420 g/mol. The second kappa shape index (κ2) is 9.71. The highest BCUT2D eigenvalue weighted by molar-refractivity contribution is 7.09. The Hall–Kier alpha value is -2.65. The van der Waals surface area contributed by atoms with E-state index in [4.69, 9.17) is 9.47 Å². The summed E-state index contributed by atoms with van der Waals surface area (Å²) in [6.45, 7) is 5.64. The third kappa shape index (κ3) is 5.04. The minimum absolute atomic E-state index is 0.0299. The summed E-state index contributed by atoms with van der Waals surface area (Å²) >= 11 is 1.75. The van der Waals surface area contributed by atoms with Crippen molar-refractivity contribution < 1.29 is 19.2 Å². The van der Waals surface area contributed by atoms with Crippen LogP contribution in [0.2, 0.25) is 0 Å². The van der Waals surface area contributed by atoms with Gasteiger partial charge in [0.1, 0.15) is 5.56 Å². The number of ether oxygens (including phenoxy) is 2. The molecule has 1 saturated heterocycles. The van der Waals surface area contributed by atoms with Crippen LogP contribution in [0.3, 0.4) is 0 Å². The lowest BCUT2D eigenvalue weighted by molar-refractivity contribution is -0.385. The quantitative estimate of drug-likeness (QED) is 0.483. The summed E-state index contributed by atoms with van der Waals surface area (Å²) in [7, 11) is 1.45. The monoisotopic (exact) mass is 419 g/mol. The van der Waals surface area contributed by atoms with Crippen LogP contribution in [-0.4, -0.2) is 67.1 Å². The second-order valence-corrected chi connectivity index (χ2v) is 7.71. The number of piperazine rings is 1. The summed E-state index contributed by atoms with van der Waals surface area (Å²) in [6.07, 6.45) is 0.993. The zero-order valence-electron chi connectivity index (χ0n) is 16.6. The van der Waals surface area contributed by atoms with Gasteiger partial charge in [0.25, 0.3) is 11.6 Å². The fourth-order valence-corrected chi connectivity index (χ4v) is 4.07.